The Morgan fingerprint density at radius 2 is 2.14 bits per heavy atom. The molecule has 2 heterocycles. The number of likely N-dealkylation sites (tertiary alicyclic amines) is 1. The minimum atomic E-state index is -1.22. The number of carbonyl (C=O) groups excluding carboxylic acids is 1. The fourth-order valence-electron chi connectivity index (χ4n) is 2.32. The average Bonchev–Trinajstić information content (AvgIpc) is 2.49. The first-order valence-electron chi connectivity index (χ1n) is 7.02. The summed E-state index contributed by atoms with van der Waals surface area (Å²) >= 11 is 0. The molecule has 2 amide bonds. The number of rotatable bonds is 4. The van der Waals surface area contributed by atoms with Gasteiger partial charge in [0.25, 0.3) is 0 Å². The quantitative estimate of drug-likeness (QED) is 0.873. The highest BCUT2D eigenvalue weighted by molar-refractivity contribution is 5.84. The fourth-order valence-corrected chi connectivity index (χ4v) is 2.32. The van der Waals surface area contributed by atoms with Gasteiger partial charge in [0.05, 0.1) is 6.20 Å². The largest absolute Gasteiger partial charge is 0.474 e. The summed E-state index contributed by atoms with van der Waals surface area (Å²) in [5.74, 6) is -0.319. The lowest BCUT2D eigenvalue weighted by Crippen LogP contribution is -2.50. The monoisotopic (exact) mass is 311 g/mol. The Morgan fingerprint density at radius 1 is 1.45 bits per heavy atom. The maximum atomic E-state index is 12.8. The Morgan fingerprint density at radius 3 is 2.68 bits per heavy atom. The molecule has 1 aliphatic rings. The first kappa shape index (κ1) is 16.0. The van der Waals surface area contributed by atoms with Crippen molar-refractivity contribution in [1.82, 2.24) is 15.2 Å². The van der Waals surface area contributed by atoms with E-state index in [-0.39, 0.29) is 12.0 Å². The van der Waals surface area contributed by atoms with Gasteiger partial charge in [-0.05, 0) is 13.0 Å². The van der Waals surface area contributed by atoms with Crippen LogP contribution in [0.1, 0.15) is 19.8 Å². The third-order valence-electron chi connectivity index (χ3n) is 3.45. The first-order valence-corrected chi connectivity index (χ1v) is 7.02. The Kier molecular flexibility index (Phi) is 5.13. The second-order valence-corrected chi connectivity index (χ2v) is 5.13. The molecule has 1 aromatic rings. The van der Waals surface area contributed by atoms with Crippen molar-refractivity contribution in [2.45, 2.75) is 31.9 Å². The van der Waals surface area contributed by atoms with Crippen LogP contribution in [0.4, 0.5) is 9.18 Å². The number of carbonyl (C=O) groups is 2. The molecule has 0 bridgehead atoms. The number of hydrogen-bond donors (Lipinski definition) is 2. The Labute approximate surface area is 127 Å². The standard InChI is InChI=1S/C14H18FN3O4/c1-9(17-14(20)21)13(19)18-6-4-11(5-7-18)22-12-3-2-10(15)8-16-12/h2-3,8-9,11,17H,4-7H2,1H3,(H,20,21)/t9-/m0/s1. The summed E-state index contributed by atoms with van der Waals surface area (Å²) in [4.78, 5) is 28.0. The van der Waals surface area contributed by atoms with Crippen LogP contribution in [0.3, 0.4) is 0 Å². The third kappa shape index (κ3) is 4.31. The maximum Gasteiger partial charge on any atom is 0.405 e. The number of ether oxygens (including phenoxy) is 1. The molecule has 7 nitrogen and oxygen atoms in total. The molecule has 0 aliphatic carbocycles. The topological polar surface area (TPSA) is 91.8 Å². The Balaban J connectivity index is 1.81. The number of halogens is 1. The molecule has 1 aromatic heterocycles. The van der Waals surface area contributed by atoms with Crippen molar-refractivity contribution in [3.05, 3.63) is 24.1 Å². The molecule has 0 spiro atoms. The zero-order chi connectivity index (χ0) is 16.1. The molecule has 1 atom stereocenters. The summed E-state index contributed by atoms with van der Waals surface area (Å²) in [5.41, 5.74) is 0. The van der Waals surface area contributed by atoms with E-state index in [1.54, 1.807) is 4.90 Å². The zero-order valence-electron chi connectivity index (χ0n) is 12.2. The second kappa shape index (κ2) is 7.06. The normalized spacial score (nSPS) is 16.9. The van der Waals surface area contributed by atoms with E-state index in [1.165, 1.54) is 19.1 Å². The van der Waals surface area contributed by atoms with Crippen LogP contribution in [0.2, 0.25) is 0 Å². The molecule has 2 N–H and O–H groups in total. The third-order valence-corrected chi connectivity index (χ3v) is 3.45. The van der Waals surface area contributed by atoms with E-state index in [4.69, 9.17) is 9.84 Å². The van der Waals surface area contributed by atoms with Crippen molar-refractivity contribution in [3.63, 3.8) is 0 Å². The molecular formula is C14H18FN3O4. The SMILES string of the molecule is C[C@H](NC(=O)O)C(=O)N1CCC(Oc2ccc(F)cn2)CC1. The fraction of sp³-hybridized carbons (Fsp3) is 0.500. The van der Waals surface area contributed by atoms with E-state index < -0.39 is 18.0 Å². The Bertz CT molecular complexity index is 529. The van der Waals surface area contributed by atoms with Gasteiger partial charge in [-0.25, -0.2) is 14.2 Å². The van der Waals surface area contributed by atoms with Gasteiger partial charge in [-0.1, -0.05) is 0 Å². The van der Waals surface area contributed by atoms with Crippen LogP contribution in [-0.2, 0) is 4.79 Å². The van der Waals surface area contributed by atoms with E-state index in [0.717, 1.165) is 6.20 Å². The van der Waals surface area contributed by atoms with Crippen LogP contribution >= 0.6 is 0 Å². The summed E-state index contributed by atoms with van der Waals surface area (Å²) in [5, 5.41) is 10.8. The van der Waals surface area contributed by atoms with Gasteiger partial charge in [-0.2, -0.15) is 0 Å². The number of amides is 2. The lowest BCUT2D eigenvalue weighted by Gasteiger charge is -2.33. The molecule has 0 saturated carbocycles. The van der Waals surface area contributed by atoms with Gasteiger partial charge < -0.3 is 20.1 Å². The lowest BCUT2D eigenvalue weighted by atomic mass is 10.1. The van der Waals surface area contributed by atoms with Crippen molar-refractivity contribution in [2.24, 2.45) is 0 Å². The highest BCUT2D eigenvalue weighted by Gasteiger charge is 2.27. The van der Waals surface area contributed by atoms with Crippen molar-refractivity contribution >= 4 is 12.0 Å². The van der Waals surface area contributed by atoms with Crippen LogP contribution in [0.15, 0.2) is 18.3 Å². The van der Waals surface area contributed by atoms with E-state index in [1.807, 2.05) is 0 Å². The summed E-state index contributed by atoms with van der Waals surface area (Å²) in [6.45, 7) is 2.48. The molecular weight excluding hydrogens is 293 g/mol. The van der Waals surface area contributed by atoms with Crippen LogP contribution in [0.25, 0.3) is 0 Å². The molecule has 120 valence electrons. The molecule has 2 rings (SSSR count). The highest BCUT2D eigenvalue weighted by Crippen LogP contribution is 2.17. The molecule has 1 aliphatic heterocycles. The number of hydrogen-bond acceptors (Lipinski definition) is 4. The molecule has 0 radical (unpaired) electrons. The van der Waals surface area contributed by atoms with E-state index in [2.05, 4.69) is 10.3 Å². The van der Waals surface area contributed by atoms with Gasteiger partial charge in [0.15, 0.2) is 0 Å². The van der Waals surface area contributed by atoms with Crippen molar-refractivity contribution in [1.29, 1.82) is 0 Å². The minimum Gasteiger partial charge on any atom is -0.474 e. The number of aromatic nitrogens is 1. The number of pyridine rings is 1. The van der Waals surface area contributed by atoms with Crippen LogP contribution in [-0.4, -0.2) is 52.2 Å². The van der Waals surface area contributed by atoms with Gasteiger partial charge in [0.1, 0.15) is 18.0 Å². The smallest absolute Gasteiger partial charge is 0.405 e. The van der Waals surface area contributed by atoms with Crippen molar-refractivity contribution in [2.75, 3.05) is 13.1 Å². The predicted octanol–water partition coefficient (Wildman–Crippen LogP) is 1.25. The molecule has 1 fully saturated rings. The summed E-state index contributed by atoms with van der Waals surface area (Å²) < 4.78 is 18.4. The van der Waals surface area contributed by atoms with Gasteiger partial charge in [0, 0.05) is 32.0 Å². The van der Waals surface area contributed by atoms with E-state index in [0.29, 0.717) is 31.8 Å². The highest BCUT2D eigenvalue weighted by atomic mass is 19.1. The van der Waals surface area contributed by atoms with Gasteiger partial charge in [-0.15, -0.1) is 0 Å². The van der Waals surface area contributed by atoms with E-state index >= 15 is 0 Å². The van der Waals surface area contributed by atoms with Crippen molar-refractivity contribution in [3.8, 4) is 5.88 Å². The average molecular weight is 311 g/mol. The van der Waals surface area contributed by atoms with Crippen LogP contribution in [0.5, 0.6) is 5.88 Å². The predicted molar refractivity (Wildman–Crippen MR) is 75.0 cm³/mol. The number of piperidine rings is 1. The minimum absolute atomic E-state index is 0.0928. The van der Waals surface area contributed by atoms with Gasteiger partial charge in [-0.3, -0.25) is 4.79 Å². The number of carboxylic acid groups (broad SMARTS) is 1. The molecule has 1 saturated heterocycles. The molecule has 0 aromatic carbocycles. The van der Waals surface area contributed by atoms with E-state index in [9.17, 15) is 14.0 Å². The number of nitrogens with zero attached hydrogens (tertiary/aromatic N) is 2. The Hall–Kier alpha value is -2.38. The summed E-state index contributed by atoms with van der Waals surface area (Å²) in [7, 11) is 0. The van der Waals surface area contributed by atoms with Crippen LogP contribution < -0.4 is 10.1 Å². The van der Waals surface area contributed by atoms with Crippen molar-refractivity contribution < 1.29 is 23.8 Å². The van der Waals surface area contributed by atoms with Crippen LogP contribution in [0, 0.1) is 5.82 Å². The maximum absolute atomic E-state index is 12.8. The van der Waals surface area contributed by atoms with Gasteiger partial charge in [0.2, 0.25) is 11.8 Å². The molecule has 8 heteroatoms. The summed E-state index contributed by atoms with van der Waals surface area (Å²) in [6.07, 6.45) is 1.01. The molecule has 0 unspecified atom stereocenters. The second-order valence-electron chi connectivity index (χ2n) is 5.13. The number of nitrogens with one attached hydrogen (secondary N) is 1. The molecule has 22 heavy (non-hydrogen) atoms. The zero-order valence-corrected chi connectivity index (χ0v) is 12.2. The lowest BCUT2D eigenvalue weighted by molar-refractivity contribution is -0.134. The summed E-state index contributed by atoms with van der Waals surface area (Å²) in [6, 6.07) is 1.97. The first-order chi connectivity index (χ1) is 10.5. The van der Waals surface area contributed by atoms with Gasteiger partial charge >= 0.3 is 6.09 Å².